The topological polar surface area (TPSA) is 42.4 Å². The normalized spacial score (nSPS) is 14.8. The molecule has 1 amide bonds. The molecule has 1 fully saturated rings. The van der Waals surface area contributed by atoms with E-state index in [0.717, 1.165) is 16.9 Å². The number of likely N-dealkylation sites (tertiary alicyclic amines) is 1. The minimum Gasteiger partial charge on any atom is -0.485 e. The standard InChI is InChI=1S/C16H16N2O2/c1-12-4-2-5-13(8-12)16(19)18-10-15(11-18)20-14-6-3-7-17-9-14/h2-9,15H,10-11H2,1H3. The van der Waals surface area contributed by atoms with Crippen LogP contribution in [0.5, 0.6) is 5.75 Å². The Morgan fingerprint density at radius 2 is 2.15 bits per heavy atom. The van der Waals surface area contributed by atoms with Gasteiger partial charge in [0.15, 0.2) is 0 Å². The zero-order valence-corrected chi connectivity index (χ0v) is 11.3. The molecule has 2 aromatic rings. The van der Waals surface area contributed by atoms with Crippen molar-refractivity contribution in [2.24, 2.45) is 0 Å². The van der Waals surface area contributed by atoms with E-state index in [1.54, 1.807) is 17.3 Å². The van der Waals surface area contributed by atoms with Crippen LogP contribution in [0.4, 0.5) is 0 Å². The summed E-state index contributed by atoms with van der Waals surface area (Å²) < 4.78 is 5.73. The number of rotatable bonds is 3. The highest BCUT2D eigenvalue weighted by Crippen LogP contribution is 2.19. The van der Waals surface area contributed by atoms with Gasteiger partial charge in [0.2, 0.25) is 0 Å². The zero-order chi connectivity index (χ0) is 13.9. The molecule has 2 heterocycles. The SMILES string of the molecule is Cc1cccc(C(=O)N2CC(Oc3cccnc3)C2)c1. The predicted octanol–water partition coefficient (Wildman–Crippen LogP) is 2.29. The molecule has 4 heteroatoms. The van der Waals surface area contributed by atoms with Crippen molar-refractivity contribution in [1.29, 1.82) is 0 Å². The van der Waals surface area contributed by atoms with Crippen molar-refractivity contribution in [2.75, 3.05) is 13.1 Å². The summed E-state index contributed by atoms with van der Waals surface area (Å²) in [5.41, 5.74) is 1.84. The van der Waals surface area contributed by atoms with Crippen molar-refractivity contribution in [2.45, 2.75) is 13.0 Å². The number of carbonyl (C=O) groups excluding carboxylic acids is 1. The van der Waals surface area contributed by atoms with Gasteiger partial charge in [-0.15, -0.1) is 0 Å². The molecule has 1 aliphatic rings. The third kappa shape index (κ3) is 2.64. The zero-order valence-electron chi connectivity index (χ0n) is 11.3. The van der Waals surface area contributed by atoms with Crippen LogP contribution in [0.25, 0.3) is 0 Å². The Balaban J connectivity index is 1.56. The van der Waals surface area contributed by atoms with E-state index in [1.165, 1.54) is 0 Å². The van der Waals surface area contributed by atoms with Crippen LogP contribution in [-0.4, -0.2) is 35.0 Å². The summed E-state index contributed by atoms with van der Waals surface area (Å²) in [6.07, 6.45) is 3.46. The summed E-state index contributed by atoms with van der Waals surface area (Å²) in [4.78, 5) is 18.0. The molecular formula is C16H16N2O2. The lowest BCUT2D eigenvalue weighted by Crippen LogP contribution is -2.56. The first kappa shape index (κ1) is 12.7. The van der Waals surface area contributed by atoms with Crippen LogP contribution < -0.4 is 4.74 Å². The van der Waals surface area contributed by atoms with Gasteiger partial charge in [-0.1, -0.05) is 17.7 Å². The second kappa shape index (κ2) is 5.33. The summed E-state index contributed by atoms with van der Waals surface area (Å²) in [5.74, 6) is 0.819. The Labute approximate surface area is 118 Å². The first-order valence-corrected chi connectivity index (χ1v) is 6.65. The van der Waals surface area contributed by atoms with Crippen LogP contribution in [-0.2, 0) is 0 Å². The summed E-state index contributed by atoms with van der Waals surface area (Å²) in [5, 5.41) is 0. The largest absolute Gasteiger partial charge is 0.485 e. The molecule has 0 radical (unpaired) electrons. The molecule has 20 heavy (non-hydrogen) atoms. The average Bonchev–Trinajstić information content (AvgIpc) is 2.43. The number of ether oxygens (including phenoxy) is 1. The first-order valence-electron chi connectivity index (χ1n) is 6.65. The molecule has 1 aromatic heterocycles. The van der Waals surface area contributed by atoms with Gasteiger partial charge in [0, 0.05) is 11.8 Å². The van der Waals surface area contributed by atoms with Crippen molar-refractivity contribution < 1.29 is 9.53 Å². The molecule has 0 N–H and O–H groups in total. The van der Waals surface area contributed by atoms with E-state index in [4.69, 9.17) is 4.74 Å². The molecule has 0 bridgehead atoms. The molecule has 1 aliphatic heterocycles. The van der Waals surface area contributed by atoms with Gasteiger partial charge in [-0.05, 0) is 31.2 Å². The highest BCUT2D eigenvalue weighted by Gasteiger charge is 2.32. The maximum atomic E-state index is 12.2. The van der Waals surface area contributed by atoms with Crippen molar-refractivity contribution in [3.63, 3.8) is 0 Å². The number of aromatic nitrogens is 1. The fraction of sp³-hybridized carbons (Fsp3) is 0.250. The number of hydrogen-bond donors (Lipinski definition) is 0. The van der Waals surface area contributed by atoms with Crippen molar-refractivity contribution >= 4 is 5.91 Å². The second-order valence-electron chi connectivity index (χ2n) is 5.01. The van der Waals surface area contributed by atoms with Crippen LogP contribution in [0.3, 0.4) is 0 Å². The van der Waals surface area contributed by atoms with E-state index in [-0.39, 0.29) is 12.0 Å². The number of pyridine rings is 1. The molecular weight excluding hydrogens is 252 g/mol. The average molecular weight is 268 g/mol. The summed E-state index contributed by atoms with van der Waals surface area (Å²) >= 11 is 0. The molecule has 0 spiro atoms. The first-order chi connectivity index (χ1) is 9.72. The number of aryl methyl sites for hydroxylation is 1. The lowest BCUT2D eigenvalue weighted by molar-refractivity contribution is 0.0176. The van der Waals surface area contributed by atoms with Crippen LogP contribution >= 0.6 is 0 Å². The van der Waals surface area contributed by atoms with E-state index in [0.29, 0.717) is 13.1 Å². The van der Waals surface area contributed by atoms with Crippen LogP contribution in [0.2, 0.25) is 0 Å². The maximum absolute atomic E-state index is 12.2. The number of nitrogens with zero attached hydrogens (tertiary/aromatic N) is 2. The highest BCUT2D eigenvalue weighted by molar-refractivity contribution is 5.95. The quantitative estimate of drug-likeness (QED) is 0.857. The Bertz CT molecular complexity index is 607. The van der Waals surface area contributed by atoms with E-state index >= 15 is 0 Å². The number of carbonyl (C=O) groups is 1. The number of amides is 1. The van der Waals surface area contributed by atoms with Gasteiger partial charge >= 0.3 is 0 Å². The molecule has 3 rings (SSSR count). The molecule has 102 valence electrons. The molecule has 0 atom stereocenters. The minimum absolute atomic E-state index is 0.0629. The van der Waals surface area contributed by atoms with Crippen molar-refractivity contribution in [3.8, 4) is 5.75 Å². The highest BCUT2D eigenvalue weighted by atomic mass is 16.5. The molecule has 4 nitrogen and oxygen atoms in total. The summed E-state index contributed by atoms with van der Waals surface area (Å²) in [6.45, 7) is 3.24. The molecule has 1 saturated heterocycles. The second-order valence-corrected chi connectivity index (χ2v) is 5.01. The fourth-order valence-corrected chi connectivity index (χ4v) is 2.25. The van der Waals surface area contributed by atoms with Crippen molar-refractivity contribution in [3.05, 3.63) is 59.9 Å². The van der Waals surface area contributed by atoms with Gasteiger partial charge in [-0.3, -0.25) is 9.78 Å². The summed E-state index contributed by atoms with van der Waals surface area (Å²) in [6, 6.07) is 11.4. The van der Waals surface area contributed by atoms with E-state index < -0.39 is 0 Å². The Morgan fingerprint density at radius 3 is 2.85 bits per heavy atom. The van der Waals surface area contributed by atoms with E-state index in [9.17, 15) is 4.79 Å². The minimum atomic E-state index is 0.0629. The number of benzene rings is 1. The van der Waals surface area contributed by atoms with Crippen LogP contribution in [0.1, 0.15) is 15.9 Å². The van der Waals surface area contributed by atoms with Crippen molar-refractivity contribution in [1.82, 2.24) is 9.88 Å². The molecule has 1 aromatic carbocycles. The van der Waals surface area contributed by atoms with Gasteiger partial charge in [-0.2, -0.15) is 0 Å². The van der Waals surface area contributed by atoms with Gasteiger partial charge in [-0.25, -0.2) is 0 Å². The van der Waals surface area contributed by atoms with E-state index in [2.05, 4.69) is 4.98 Å². The van der Waals surface area contributed by atoms with Gasteiger partial charge < -0.3 is 9.64 Å². The lowest BCUT2D eigenvalue weighted by atomic mass is 10.1. The Morgan fingerprint density at radius 1 is 1.30 bits per heavy atom. The smallest absolute Gasteiger partial charge is 0.254 e. The van der Waals surface area contributed by atoms with Gasteiger partial charge in [0.25, 0.3) is 5.91 Å². The summed E-state index contributed by atoms with van der Waals surface area (Å²) in [7, 11) is 0. The monoisotopic (exact) mass is 268 g/mol. The number of hydrogen-bond acceptors (Lipinski definition) is 3. The Kier molecular flexibility index (Phi) is 3.37. The fourth-order valence-electron chi connectivity index (χ4n) is 2.25. The molecule has 0 aliphatic carbocycles. The predicted molar refractivity (Wildman–Crippen MR) is 75.7 cm³/mol. The maximum Gasteiger partial charge on any atom is 0.254 e. The van der Waals surface area contributed by atoms with E-state index in [1.807, 2.05) is 43.3 Å². The third-order valence-electron chi connectivity index (χ3n) is 3.34. The lowest BCUT2D eigenvalue weighted by Gasteiger charge is -2.38. The molecule has 0 unspecified atom stereocenters. The molecule has 0 saturated carbocycles. The van der Waals surface area contributed by atoms with Gasteiger partial charge in [0.05, 0.1) is 19.3 Å². The Hall–Kier alpha value is -2.36. The van der Waals surface area contributed by atoms with Crippen LogP contribution in [0, 0.1) is 6.92 Å². The van der Waals surface area contributed by atoms with Gasteiger partial charge in [0.1, 0.15) is 11.9 Å². The third-order valence-corrected chi connectivity index (χ3v) is 3.34. The van der Waals surface area contributed by atoms with Crippen LogP contribution in [0.15, 0.2) is 48.8 Å².